The average Bonchev–Trinajstić information content (AvgIpc) is 3.03. The van der Waals surface area contributed by atoms with E-state index in [4.69, 9.17) is 0 Å². The van der Waals surface area contributed by atoms with Gasteiger partial charge in [-0.1, -0.05) is 30.3 Å². The molecule has 2 aromatic heterocycles. The van der Waals surface area contributed by atoms with E-state index in [9.17, 15) is 22.8 Å². The number of para-hydroxylation sites is 1. The van der Waals surface area contributed by atoms with Crippen LogP contribution in [0.3, 0.4) is 0 Å². The van der Waals surface area contributed by atoms with Gasteiger partial charge in [0.15, 0.2) is 0 Å². The van der Waals surface area contributed by atoms with Gasteiger partial charge in [0.1, 0.15) is 17.1 Å². The molecule has 1 N–H and O–H groups in total. The van der Waals surface area contributed by atoms with E-state index in [2.05, 4.69) is 10.3 Å². The topological polar surface area (TPSA) is 64.0 Å². The highest BCUT2D eigenvalue weighted by Crippen LogP contribution is 2.34. The highest BCUT2D eigenvalue weighted by atomic mass is 32.1. The molecule has 0 saturated carbocycles. The minimum Gasteiger partial charge on any atom is -0.324 e. The molecule has 0 aliphatic carbocycles. The number of carbonyl (C=O) groups excluding carboxylic acids is 1. The van der Waals surface area contributed by atoms with Crippen molar-refractivity contribution in [1.82, 2.24) is 9.55 Å². The largest absolute Gasteiger partial charge is 0.418 e. The summed E-state index contributed by atoms with van der Waals surface area (Å²) in [4.78, 5) is 29.8. The van der Waals surface area contributed by atoms with Crippen LogP contribution in [0.1, 0.15) is 11.4 Å². The molecule has 29 heavy (non-hydrogen) atoms. The van der Waals surface area contributed by atoms with Gasteiger partial charge >= 0.3 is 6.18 Å². The van der Waals surface area contributed by atoms with Crippen molar-refractivity contribution in [3.63, 3.8) is 0 Å². The summed E-state index contributed by atoms with van der Waals surface area (Å²) in [5, 5.41) is 3.10. The fourth-order valence-corrected chi connectivity index (χ4v) is 4.23. The van der Waals surface area contributed by atoms with Crippen molar-refractivity contribution in [3.8, 4) is 0 Å². The van der Waals surface area contributed by atoms with Gasteiger partial charge in [0.2, 0.25) is 5.91 Å². The summed E-state index contributed by atoms with van der Waals surface area (Å²) in [6, 6.07) is 12.1. The standard InChI is InChI=1S/C20H14F3N3O2S/c1-11-24-17-12-6-2-5-9-15(12)29-18(17)19(28)26(11)10-16(27)25-14-8-4-3-7-13(14)20(21,22)23/h2-9H,10H2,1H3,(H,25,27). The van der Waals surface area contributed by atoms with E-state index in [1.54, 1.807) is 6.92 Å². The fourth-order valence-electron chi connectivity index (χ4n) is 3.14. The quantitative estimate of drug-likeness (QED) is 0.531. The summed E-state index contributed by atoms with van der Waals surface area (Å²) in [6.45, 7) is 1.15. The van der Waals surface area contributed by atoms with Crippen LogP contribution in [0.2, 0.25) is 0 Å². The molecule has 0 fully saturated rings. The fraction of sp³-hybridized carbons (Fsp3) is 0.150. The average molecular weight is 417 g/mol. The maximum atomic E-state index is 13.1. The molecule has 2 heterocycles. The molecular formula is C20H14F3N3O2S. The van der Waals surface area contributed by atoms with E-state index < -0.39 is 29.8 Å². The zero-order chi connectivity index (χ0) is 20.8. The molecule has 0 aliphatic heterocycles. The van der Waals surface area contributed by atoms with Crippen LogP contribution < -0.4 is 10.9 Å². The SMILES string of the molecule is Cc1nc2c(sc3ccccc32)c(=O)n1CC(=O)Nc1ccccc1C(F)(F)F. The molecule has 9 heteroatoms. The lowest BCUT2D eigenvalue weighted by Gasteiger charge is -2.14. The van der Waals surface area contributed by atoms with Gasteiger partial charge in [-0.3, -0.25) is 14.2 Å². The molecule has 148 valence electrons. The number of amides is 1. The third-order valence-corrected chi connectivity index (χ3v) is 5.63. The van der Waals surface area contributed by atoms with Gasteiger partial charge in [-0.15, -0.1) is 11.3 Å². The van der Waals surface area contributed by atoms with Crippen LogP contribution in [0.5, 0.6) is 0 Å². The van der Waals surface area contributed by atoms with Crippen LogP contribution in [0.25, 0.3) is 20.3 Å². The molecule has 4 rings (SSSR count). The smallest absolute Gasteiger partial charge is 0.324 e. The lowest BCUT2D eigenvalue weighted by molar-refractivity contribution is -0.137. The second-order valence-corrected chi connectivity index (χ2v) is 7.47. The van der Waals surface area contributed by atoms with E-state index in [0.717, 1.165) is 16.2 Å². The minimum absolute atomic E-state index is 0.310. The molecule has 5 nitrogen and oxygen atoms in total. The Morgan fingerprint density at radius 3 is 2.59 bits per heavy atom. The first-order chi connectivity index (χ1) is 13.8. The van der Waals surface area contributed by atoms with Gasteiger partial charge in [-0.05, 0) is 25.1 Å². The predicted octanol–water partition coefficient (Wildman–Crippen LogP) is 4.58. The number of aryl methyl sites for hydroxylation is 1. The molecule has 0 saturated heterocycles. The molecule has 0 unspecified atom stereocenters. The van der Waals surface area contributed by atoms with E-state index in [1.807, 2.05) is 24.3 Å². The molecule has 0 radical (unpaired) electrons. The van der Waals surface area contributed by atoms with Crippen LogP contribution in [0.15, 0.2) is 53.3 Å². The number of aromatic nitrogens is 2. The Kier molecular flexibility index (Phi) is 4.62. The number of thiophene rings is 1. The van der Waals surface area contributed by atoms with Gasteiger partial charge < -0.3 is 5.32 Å². The van der Waals surface area contributed by atoms with Crippen molar-refractivity contribution in [2.24, 2.45) is 0 Å². The number of hydrogen-bond acceptors (Lipinski definition) is 4. The minimum atomic E-state index is -4.60. The third kappa shape index (κ3) is 3.49. The molecule has 2 aromatic carbocycles. The zero-order valence-electron chi connectivity index (χ0n) is 15.1. The van der Waals surface area contributed by atoms with Crippen molar-refractivity contribution >= 4 is 43.2 Å². The molecule has 4 aromatic rings. The lowest BCUT2D eigenvalue weighted by Crippen LogP contribution is -2.30. The van der Waals surface area contributed by atoms with Crippen LogP contribution >= 0.6 is 11.3 Å². The highest BCUT2D eigenvalue weighted by Gasteiger charge is 2.33. The highest BCUT2D eigenvalue weighted by molar-refractivity contribution is 7.25. The summed E-state index contributed by atoms with van der Waals surface area (Å²) in [5.74, 6) is -0.431. The van der Waals surface area contributed by atoms with Gasteiger partial charge in [0, 0.05) is 10.1 Å². The number of anilines is 1. The predicted molar refractivity (Wildman–Crippen MR) is 106 cm³/mol. The number of nitrogens with zero attached hydrogens (tertiary/aromatic N) is 2. The van der Waals surface area contributed by atoms with Gasteiger partial charge in [-0.2, -0.15) is 13.2 Å². The summed E-state index contributed by atoms with van der Waals surface area (Å²) in [6.07, 6.45) is -4.60. The van der Waals surface area contributed by atoms with Crippen molar-refractivity contribution in [2.75, 3.05) is 5.32 Å². The van der Waals surface area contributed by atoms with Crippen LogP contribution in [-0.2, 0) is 17.5 Å². The Morgan fingerprint density at radius 1 is 1.14 bits per heavy atom. The van der Waals surface area contributed by atoms with Gasteiger partial charge in [-0.25, -0.2) is 4.98 Å². The van der Waals surface area contributed by atoms with Crippen LogP contribution in [0.4, 0.5) is 18.9 Å². The van der Waals surface area contributed by atoms with Crippen molar-refractivity contribution < 1.29 is 18.0 Å². The monoisotopic (exact) mass is 417 g/mol. The number of benzene rings is 2. The van der Waals surface area contributed by atoms with Crippen LogP contribution in [-0.4, -0.2) is 15.5 Å². The molecule has 0 bridgehead atoms. The van der Waals surface area contributed by atoms with Gasteiger partial charge in [0.25, 0.3) is 5.56 Å². The second-order valence-electron chi connectivity index (χ2n) is 6.42. The zero-order valence-corrected chi connectivity index (χ0v) is 15.9. The Morgan fingerprint density at radius 2 is 1.83 bits per heavy atom. The van der Waals surface area contributed by atoms with Crippen molar-refractivity contribution in [1.29, 1.82) is 0 Å². The Labute approximate surface area is 166 Å². The maximum absolute atomic E-state index is 13.1. The van der Waals surface area contributed by atoms with E-state index in [0.29, 0.717) is 16.0 Å². The van der Waals surface area contributed by atoms with Crippen molar-refractivity contribution in [2.45, 2.75) is 19.6 Å². The normalized spacial score (nSPS) is 11.9. The first kappa shape index (κ1) is 19.1. The van der Waals surface area contributed by atoms with E-state index in [-0.39, 0.29) is 5.69 Å². The Balaban J connectivity index is 1.69. The molecule has 0 atom stereocenters. The number of halogens is 3. The van der Waals surface area contributed by atoms with Crippen molar-refractivity contribution in [3.05, 3.63) is 70.3 Å². The number of alkyl halides is 3. The first-order valence-corrected chi connectivity index (χ1v) is 9.42. The molecule has 0 aliphatic rings. The number of carbonyl (C=O) groups is 1. The van der Waals surface area contributed by atoms with E-state index >= 15 is 0 Å². The second kappa shape index (κ2) is 7.00. The number of fused-ring (bicyclic) bond motifs is 3. The summed E-state index contributed by atoms with van der Waals surface area (Å²) >= 11 is 1.27. The molecule has 1 amide bonds. The Bertz CT molecular complexity index is 1310. The summed E-state index contributed by atoms with van der Waals surface area (Å²) in [7, 11) is 0. The maximum Gasteiger partial charge on any atom is 0.418 e. The first-order valence-electron chi connectivity index (χ1n) is 8.60. The molecular weight excluding hydrogens is 403 g/mol. The third-order valence-electron chi connectivity index (χ3n) is 4.48. The lowest BCUT2D eigenvalue weighted by atomic mass is 10.1. The van der Waals surface area contributed by atoms with Gasteiger partial charge in [0.05, 0.1) is 16.8 Å². The number of rotatable bonds is 3. The number of nitrogens with one attached hydrogen (secondary N) is 1. The number of hydrogen-bond donors (Lipinski definition) is 1. The van der Waals surface area contributed by atoms with Crippen LogP contribution in [0, 0.1) is 6.92 Å². The van der Waals surface area contributed by atoms with E-state index in [1.165, 1.54) is 34.1 Å². The Hall–Kier alpha value is -3.20. The summed E-state index contributed by atoms with van der Waals surface area (Å²) in [5.41, 5.74) is -1.14. The molecule has 0 spiro atoms. The summed E-state index contributed by atoms with van der Waals surface area (Å²) < 4.78 is 41.8.